The van der Waals surface area contributed by atoms with Crippen LogP contribution >= 0.6 is 23.2 Å². The van der Waals surface area contributed by atoms with Crippen molar-refractivity contribution in [3.63, 3.8) is 0 Å². The second-order valence-corrected chi connectivity index (χ2v) is 18.2. The third-order valence-corrected chi connectivity index (χ3v) is 12.1. The summed E-state index contributed by atoms with van der Waals surface area (Å²) in [5.41, 5.74) is 6.72. The van der Waals surface area contributed by atoms with Gasteiger partial charge < -0.3 is 51.1 Å². The lowest BCUT2D eigenvalue weighted by Crippen LogP contribution is -2.37. The molecule has 0 radical (unpaired) electrons. The summed E-state index contributed by atoms with van der Waals surface area (Å²) in [6, 6.07) is 17.9. The maximum absolute atomic E-state index is 14.8. The first-order valence-electron chi connectivity index (χ1n) is 19.4. The minimum absolute atomic E-state index is 0.00633. The Bertz CT molecular complexity index is 2930. The molecule has 20 nitrogen and oxygen atoms in total. The van der Waals surface area contributed by atoms with Crippen molar-refractivity contribution < 1.29 is 45.3 Å². The highest BCUT2D eigenvalue weighted by molar-refractivity contribution is 7.96. The highest BCUT2D eigenvalue weighted by Gasteiger charge is 2.29. The molecule has 8 N–H and O–H groups in total. The number of aliphatic hydroxyl groups excluding tert-OH is 1. The van der Waals surface area contributed by atoms with Crippen molar-refractivity contribution in [1.82, 2.24) is 19.9 Å². The molecule has 25 heteroatoms. The molecule has 0 saturated carbocycles. The van der Waals surface area contributed by atoms with Crippen molar-refractivity contribution in [3.8, 4) is 23.0 Å². The molecule has 0 amide bonds. The van der Waals surface area contributed by atoms with Crippen molar-refractivity contribution in [2.75, 3.05) is 83.0 Å². The van der Waals surface area contributed by atoms with Crippen LogP contribution in [-0.4, -0.2) is 94.6 Å². The molecule has 0 aliphatic rings. The van der Waals surface area contributed by atoms with Gasteiger partial charge in [-0.15, -0.1) is 0 Å². The highest BCUT2D eigenvalue weighted by atomic mass is 35.5. The number of halogens is 3. The Balaban J connectivity index is 1.28. The topological polar surface area (TPSA) is 266 Å². The number of hydrogen-bond acceptors (Lipinski definition) is 18. The van der Waals surface area contributed by atoms with Crippen molar-refractivity contribution >= 4 is 101 Å². The van der Waals surface area contributed by atoms with Crippen LogP contribution in [0.2, 0.25) is 10.0 Å². The third kappa shape index (κ3) is 12.6. The van der Waals surface area contributed by atoms with Gasteiger partial charge in [-0.2, -0.15) is 9.97 Å². The van der Waals surface area contributed by atoms with Crippen LogP contribution in [0.4, 0.5) is 62.0 Å². The van der Waals surface area contributed by atoms with Crippen molar-refractivity contribution in [1.29, 1.82) is 0 Å². The molecule has 0 spiro atoms. The van der Waals surface area contributed by atoms with E-state index in [0.29, 0.717) is 27.1 Å². The molecule has 350 valence electrons. The Hall–Kier alpha value is -6.63. The molecule has 0 saturated heterocycles. The van der Waals surface area contributed by atoms with Gasteiger partial charge in [-0.25, -0.2) is 31.2 Å². The highest BCUT2D eigenvalue weighted by Crippen LogP contribution is 2.38. The van der Waals surface area contributed by atoms with Gasteiger partial charge in [0.2, 0.25) is 21.9 Å². The average molecular weight is 989 g/mol. The minimum atomic E-state index is -4.64. The molecular formula is C41H44Cl2FN11O9S2. The summed E-state index contributed by atoms with van der Waals surface area (Å²) in [5.74, 6) is -0.459. The van der Waals surface area contributed by atoms with Crippen LogP contribution in [0.15, 0.2) is 85.2 Å². The van der Waals surface area contributed by atoms with E-state index in [1.165, 1.54) is 81.2 Å². The summed E-state index contributed by atoms with van der Waals surface area (Å²) in [5, 5.41) is 21.1. The van der Waals surface area contributed by atoms with Crippen molar-refractivity contribution in [2.45, 2.75) is 6.92 Å². The number of aromatic nitrogens is 4. The number of ether oxygens (including phenoxy) is 4. The van der Waals surface area contributed by atoms with E-state index < -0.39 is 31.7 Å². The maximum Gasteiger partial charge on any atom is 0.252 e. The zero-order chi connectivity index (χ0) is 47.6. The molecule has 0 fully saturated rings. The standard InChI is InChI=1S/C41H44Cl2FN11O9S2/c1-24-31(6-5-7-37(24)64-17-15-56)50-40-46-22-29(43)39(53-40)49-33-13-10-26(62-3)20-36(33)55(65(4,57)58)23-66(59,60)54-35-18-25(61-2)9-12-32(35)48-38-28(42)21-47-41(52-38)51-34-19-27(63-16-14-45)8-11-30(34)44/h5-13,18-22,54,56H,14-17,23,45H2,1-4H3,(H2,46,49,50,53)(H2,47,48,51,52). The van der Waals surface area contributed by atoms with E-state index in [-0.39, 0.29) is 99.9 Å². The monoisotopic (exact) mass is 987 g/mol. The number of methoxy groups -OCH3 is 2. The summed E-state index contributed by atoms with van der Waals surface area (Å²) in [4.78, 5) is 17.3. The van der Waals surface area contributed by atoms with Crippen molar-refractivity contribution in [2.24, 2.45) is 5.73 Å². The number of nitrogens with one attached hydrogen (secondary N) is 5. The lowest BCUT2D eigenvalue weighted by atomic mass is 10.2. The number of nitrogens with zero attached hydrogens (tertiary/aromatic N) is 5. The number of benzene rings is 4. The molecule has 0 atom stereocenters. The average Bonchev–Trinajstić information content (AvgIpc) is 3.28. The zero-order valence-electron chi connectivity index (χ0n) is 35.6. The van der Waals surface area contributed by atoms with Crippen LogP contribution in [0.1, 0.15) is 5.56 Å². The molecule has 0 bridgehead atoms. The molecule has 0 aliphatic carbocycles. The largest absolute Gasteiger partial charge is 0.497 e. The van der Waals surface area contributed by atoms with Crippen LogP contribution < -0.4 is 55.0 Å². The van der Waals surface area contributed by atoms with Crippen LogP contribution in [0.25, 0.3) is 0 Å². The number of sulfonamides is 2. The second-order valence-electron chi connectivity index (χ2n) is 13.8. The fourth-order valence-electron chi connectivity index (χ4n) is 5.95. The number of nitrogens with two attached hydrogens (primary N) is 1. The Labute approximate surface area is 389 Å². The summed E-state index contributed by atoms with van der Waals surface area (Å²) in [6.07, 6.45) is 3.39. The molecular weight excluding hydrogens is 945 g/mol. The van der Waals surface area contributed by atoms with Gasteiger partial charge >= 0.3 is 0 Å². The van der Waals surface area contributed by atoms with Crippen LogP contribution in [0, 0.1) is 12.7 Å². The summed E-state index contributed by atoms with van der Waals surface area (Å²) >= 11 is 13.0. The Morgan fingerprint density at radius 3 is 1.94 bits per heavy atom. The lowest BCUT2D eigenvalue weighted by Gasteiger charge is -2.26. The summed E-state index contributed by atoms with van der Waals surface area (Å²) in [7, 11) is -6.30. The maximum atomic E-state index is 14.8. The van der Waals surface area contributed by atoms with Crippen LogP contribution in [0.3, 0.4) is 0 Å². The van der Waals surface area contributed by atoms with E-state index in [0.717, 1.165) is 6.26 Å². The van der Waals surface area contributed by atoms with Gasteiger partial charge in [-0.05, 0) is 55.5 Å². The first-order chi connectivity index (χ1) is 31.5. The fraction of sp³-hybridized carbons (Fsp3) is 0.220. The van der Waals surface area contributed by atoms with E-state index in [1.54, 1.807) is 25.1 Å². The van der Waals surface area contributed by atoms with Gasteiger partial charge in [0.15, 0.2) is 17.5 Å². The fourth-order valence-corrected chi connectivity index (χ4v) is 8.93. The predicted octanol–water partition coefficient (Wildman–Crippen LogP) is 6.89. The number of hydrogen-bond donors (Lipinski definition) is 7. The van der Waals surface area contributed by atoms with E-state index >= 15 is 0 Å². The van der Waals surface area contributed by atoms with Gasteiger partial charge in [0, 0.05) is 36.0 Å². The smallest absolute Gasteiger partial charge is 0.252 e. The zero-order valence-corrected chi connectivity index (χ0v) is 38.7. The molecule has 2 aromatic heterocycles. The van der Waals surface area contributed by atoms with E-state index in [4.69, 9.17) is 47.9 Å². The Morgan fingerprint density at radius 2 is 1.32 bits per heavy atom. The molecule has 0 aliphatic heterocycles. The Kier molecular flexibility index (Phi) is 16.0. The predicted molar refractivity (Wildman–Crippen MR) is 253 cm³/mol. The van der Waals surface area contributed by atoms with E-state index in [2.05, 4.69) is 45.9 Å². The molecule has 4 aromatic carbocycles. The van der Waals surface area contributed by atoms with Crippen molar-refractivity contribution in [3.05, 3.63) is 107 Å². The molecule has 6 aromatic rings. The first-order valence-corrected chi connectivity index (χ1v) is 23.7. The Morgan fingerprint density at radius 1 is 0.727 bits per heavy atom. The molecule has 6 rings (SSSR count). The molecule has 0 unspecified atom stereocenters. The van der Waals surface area contributed by atoms with E-state index in [9.17, 15) is 26.3 Å². The van der Waals surface area contributed by atoms with Crippen LogP contribution in [0.5, 0.6) is 23.0 Å². The van der Waals surface area contributed by atoms with Gasteiger partial charge in [0.1, 0.15) is 52.1 Å². The van der Waals surface area contributed by atoms with Gasteiger partial charge in [0.25, 0.3) is 10.0 Å². The third-order valence-electron chi connectivity index (χ3n) is 9.10. The van der Waals surface area contributed by atoms with Gasteiger partial charge in [-0.1, -0.05) is 29.3 Å². The van der Waals surface area contributed by atoms with Gasteiger partial charge in [0.05, 0.1) is 67.9 Å². The van der Waals surface area contributed by atoms with E-state index in [1.807, 2.05) is 0 Å². The normalized spacial score (nSPS) is 11.3. The van der Waals surface area contributed by atoms with Gasteiger partial charge in [-0.3, -0.25) is 9.03 Å². The first kappa shape index (κ1) is 48.8. The second kappa shape index (κ2) is 21.6. The van der Waals surface area contributed by atoms with Crippen LogP contribution in [-0.2, 0) is 20.0 Å². The molecule has 66 heavy (non-hydrogen) atoms. The quantitative estimate of drug-likeness (QED) is 0.0365. The lowest BCUT2D eigenvalue weighted by molar-refractivity contribution is 0.200. The number of rotatable bonds is 22. The number of aliphatic hydroxyl groups is 1. The SMILES string of the molecule is COc1ccc(Nc2nc(Nc3cc(OCCN)ccc3F)ncc2Cl)c(NS(=O)(=O)CN(c2cc(OC)ccc2Nc2nc(Nc3cccc(OCCO)c3C)ncc2Cl)S(C)(=O)=O)c1. The summed E-state index contributed by atoms with van der Waals surface area (Å²) in [6.45, 7) is 2.18. The summed E-state index contributed by atoms with van der Waals surface area (Å²) < 4.78 is 95.2. The molecule has 2 heterocycles. The minimum Gasteiger partial charge on any atom is -0.497 e. The number of anilines is 10.